The predicted molar refractivity (Wildman–Crippen MR) is 86.5 cm³/mol. The second kappa shape index (κ2) is 5.57. The minimum absolute atomic E-state index is 0.131. The number of rotatable bonds is 2. The zero-order chi connectivity index (χ0) is 15.0. The van der Waals surface area contributed by atoms with E-state index in [1.165, 1.54) is 30.4 Å². The van der Waals surface area contributed by atoms with Crippen molar-refractivity contribution in [2.24, 2.45) is 17.3 Å². The Balaban J connectivity index is 1.90. The molecule has 114 valence electrons. The first-order chi connectivity index (χ1) is 9.99. The lowest BCUT2D eigenvalue weighted by molar-refractivity contribution is 0.0539. The van der Waals surface area contributed by atoms with Gasteiger partial charge in [0.1, 0.15) is 0 Å². The van der Waals surface area contributed by atoms with Crippen LogP contribution in [0.3, 0.4) is 0 Å². The summed E-state index contributed by atoms with van der Waals surface area (Å²) in [5.74, 6) is 1.04. The number of ketones is 1. The van der Waals surface area contributed by atoms with Crippen LogP contribution >= 0.6 is 0 Å². The maximum Gasteiger partial charge on any atom is 0.166 e. The summed E-state index contributed by atoms with van der Waals surface area (Å²) >= 11 is 0. The number of fused-ring (bicyclic) bond motifs is 1. The van der Waals surface area contributed by atoms with Crippen LogP contribution in [-0.4, -0.2) is 12.3 Å². The summed E-state index contributed by atoms with van der Waals surface area (Å²) in [6.07, 6.45) is 4.66. The van der Waals surface area contributed by atoms with Gasteiger partial charge in [-0.25, -0.2) is 0 Å². The molecule has 1 heterocycles. The number of hydrogen-bond acceptors (Lipinski definition) is 2. The lowest BCUT2D eigenvalue weighted by Gasteiger charge is -2.42. The Kier molecular flexibility index (Phi) is 3.92. The van der Waals surface area contributed by atoms with Gasteiger partial charge in [-0.2, -0.15) is 0 Å². The number of nitrogens with one attached hydrogen (secondary N) is 1. The monoisotopic (exact) mass is 285 g/mol. The fraction of sp³-hybridized carbons (Fsp3) is 0.632. The van der Waals surface area contributed by atoms with Gasteiger partial charge in [-0.3, -0.25) is 4.79 Å². The molecule has 2 heteroatoms. The lowest BCUT2D eigenvalue weighted by atomic mass is 9.62. The van der Waals surface area contributed by atoms with E-state index in [1.54, 1.807) is 0 Å². The molecular weight excluding hydrogens is 258 g/mol. The molecule has 1 fully saturated rings. The SMILES string of the molecule is C[C@H]1CCCC(C)(C)[C@@H]1C(=O)c1ccc2c(c1)CCNC2. The van der Waals surface area contributed by atoms with Gasteiger partial charge in [0.15, 0.2) is 5.78 Å². The van der Waals surface area contributed by atoms with Crippen LogP contribution in [0, 0.1) is 17.3 Å². The Labute approximate surface area is 128 Å². The average Bonchev–Trinajstić information content (AvgIpc) is 2.45. The van der Waals surface area contributed by atoms with Crippen LogP contribution in [-0.2, 0) is 13.0 Å². The van der Waals surface area contributed by atoms with Crippen LogP contribution in [0.4, 0.5) is 0 Å². The number of Topliss-reactive ketones (excluding diaryl/α,β-unsaturated/α-hetero) is 1. The zero-order valence-electron chi connectivity index (χ0n) is 13.5. The Morgan fingerprint density at radius 2 is 2.10 bits per heavy atom. The number of carbonyl (C=O) groups is 1. The van der Waals surface area contributed by atoms with Crippen LogP contribution in [0.1, 0.15) is 61.5 Å². The highest BCUT2D eigenvalue weighted by Crippen LogP contribution is 2.45. The average molecular weight is 285 g/mol. The largest absolute Gasteiger partial charge is 0.312 e. The van der Waals surface area contributed by atoms with Crippen molar-refractivity contribution in [1.29, 1.82) is 0 Å². The first-order valence-corrected chi connectivity index (χ1v) is 8.36. The van der Waals surface area contributed by atoms with E-state index >= 15 is 0 Å². The molecule has 0 unspecified atom stereocenters. The van der Waals surface area contributed by atoms with Gasteiger partial charge in [-0.05, 0) is 54.3 Å². The van der Waals surface area contributed by atoms with Crippen molar-refractivity contribution in [3.8, 4) is 0 Å². The normalized spacial score (nSPS) is 28.0. The van der Waals surface area contributed by atoms with Crippen molar-refractivity contribution in [2.75, 3.05) is 6.54 Å². The molecule has 2 aliphatic rings. The minimum Gasteiger partial charge on any atom is -0.312 e. The molecule has 1 saturated carbocycles. The van der Waals surface area contributed by atoms with Crippen molar-refractivity contribution in [3.05, 3.63) is 34.9 Å². The molecule has 1 aliphatic heterocycles. The van der Waals surface area contributed by atoms with Crippen LogP contribution in [0.15, 0.2) is 18.2 Å². The number of hydrogen-bond donors (Lipinski definition) is 1. The third-order valence-electron chi connectivity index (χ3n) is 5.55. The van der Waals surface area contributed by atoms with Gasteiger partial charge < -0.3 is 5.32 Å². The van der Waals surface area contributed by atoms with Crippen molar-refractivity contribution < 1.29 is 4.79 Å². The van der Waals surface area contributed by atoms with E-state index in [0.29, 0.717) is 11.7 Å². The fourth-order valence-electron chi connectivity index (χ4n) is 4.40. The summed E-state index contributed by atoms with van der Waals surface area (Å²) in [7, 11) is 0. The Morgan fingerprint density at radius 1 is 1.29 bits per heavy atom. The molecule has 21 heavy (non-hydrogen) atoms. The van der Waals surface area contributed by atoms with Gasteiger partial charge >= 0.3 is 0 Å². The summed E-state index contributed by atoms with van der Waals surface area (Å²) in [6.45, 7) is 8.76. The van der Waals surface area contributed by atoms with E-state index in [-0.39, 0.29) is 11.3 Å². The van der Waals surface area contributed by atoms with E-state index in [2.05, 4.69) is 38.2 Å². The molecule has 1 aromatic rings. The summed E-state index contributed by atoms with van der Waals surface area (Å²) in [5.41, 5.74) is 3.78. The summed E-state index contributed by atoms with van der Waals surface area (Å²) < 4.78 is 0. The standard InChI is InChI=1S/C19H27NO/c1-13-5-4-9-19(2,3)17(13)18(21)15-6-7-16-12-20-10-8-14(16)11-15/h6-7,11,13,17,20H,4-5,8-10,12H2,1-3H3/t13-,17-/m0/s1. The molecule has 1 aliphatic carbocycles. The topological polar surface area (TPSA) is 29.1 Å². The predicted octanol–water partition coefficient (Wildman–Crippen LogP) is 3.98. The maximum absolute atomic E-state index is 13.1. The molecule has 2 atom stereocenters. The van der Waals surface area contributed by atoms with Crippen LogP contribution in [0.2, 0.25) is 0 Å². The van der Waals surface area contributed by atoms with Crippen molar-refractivity contribution >= 4 is 5.78 Å². The van der Waals surface area contributed by atoms with Gasteiger partial charge in [0.05, 0.1) is 0 Å². The molecule has 0 aromatic heterocycles. The van der Waals surface area contributed by atoms with Gasteiger partial charge in [-0.1, -0.05) is 39.3 Å². The van der Waals surface area contributed by atoms with Crippen LogP contribution in [0.5, 0.6) is 0 Å². The second-order valence-electron chi connectivity index (χ2n) is 7.61. The fourth-order valence-corrected chi connectivity index (χ4v) is 4.40. The van der Waals surface area contributed by atoms with Gasteiger partial charge in [0.25, 0.3) is 0 Å². The molecule has 3 rings (SSSR count). The van der Waals surface area contributed by atoms with Gasteiger partial charge in [0, 0.05) is 18.0 Å². The van der Waals surface area contributed by atoms with Crippen molar-refractivity contribution in [3.63, 3.8) is 0 Å². The van der Waals surface area contributed by atoms with E-state index < -0.39 is 0 Å². The molecule has 0 amide bonds. The second-order valence-corrected chi connectivity index (χ2v) is 7.61. The molecule has 0 spiro atoms. The van der Waals surface area contributed by atoms with E-state index in [9.17, 15) is 4.79 Å². The summed E-state index contributed by atoms with van der Waals surface area (Å²) in [5, 5.41) is 3.39. The number of benzene rings is 1. The highest BCUT2D eigenvalue weighted by molar-refractivity contribution is 5.98. The molecule has 0 bridgehead atoms. The third kappa shape index (κ3) is 2.78. The van der Waals surface area contributed by atoms with Gasteiger partial charge in [0.2, 0.25) is 0 Å². The highest BCUT2D eigenvalue weighted by atomic mass is 16.1. The number of carbonyl (C=O) groups excluding carboxylic acids is 1. The molecule has 0 saturated heterocycles. The molecule has 2 nitrogen and oxygen atoms in total. The van der Waals surface area contributed by atoms with E-state index in [1.807, 2.05) is 6.07 Å². The Bertz CT molecular complexity index is 546. The third-order valence-corrected chi connectivity index (χ3v) is 5.55. The maximum atomic E-state index is 13.1. The van der Waals surface area contributed by atoms with E-state index in [0.717, 1.165) is 25.1 Å². The molecule has 1 aromatic carbocycles. The smallest absolute Gasteiger partial charge is 0.166 e. The van der Waals surface area contributed by atoms with Crippen molar-refractivity contribution in [2.45, 2.75) is 53.0 Å². The Hall–Kier alpha value is -1.15. The summed E-state index contributed by atoms with van der Waals surface area (Å²) in [6, 6.07) is 6.36. The first-order valence-electron chi connectivity index (χ1n) is 8.36. The highest BCUT2D eigenvalue weighted by Gasteiger charge is 2.41. The Morgan fingerprint density at radius 3 is 2.86 bits per heavy atom. The first kappa shape index (κ1) is 14.8. The quantitative estimate of drug-likeness (QED) is 0.833. The van der Waals surface area contributed by atoms with E-state index in [4.69, 9.17) is 0 Å². The minimum atomic E-state index is 0.131. The van der Waals surface area contributed by atoms with Crippen molar-refractivity contribution in [1.82, 2.24) is 5.32 Å². The molecule has 0 radical (unpaired) electrons. The van der Waals surface area contributed by atoms with Crippen LogP contribution < -0.4 is 5.32 Å². The zero-order valence-corrected chi connectivity index (χ0v) is 13.5. The van der Waals surface area contributed by atoms with Crippen LogP contribution in [0.25, 0.3) is 0 Å². The lowest BCUT2D eigenvalue weighted by Crippen LogP contribution is -2.39. The van der Waals surface area contributed by atoms with Gasteiger partial charge in [-0.15, -0.1) is 0 Å². The molecule has 1 N–H and O–H groups in total. The summed E-state index contributed by atoms with van der Waals surface area (Å²) in [4.78, 5) is 13.1. The molecular formula is C19H27NO.